The van der Waals surface area contributed by atoms with Gasteiger partial charge < -0.3 is 5.32 Å². The van der Waals surface area contributed by atoms with Crippen LogP contribution in [0.4, 0.5) is 0 Å². The third-order valence-corrected chi connectivity index (χ3v) is 2.80. The molecule has 0 unspecified atom stereocenters. The van der Waals surface area contributed by atoms with Crippen LogP contribution in [0, 0.1) is 5.92 Å². The van der Waals surface area contributed by atoms with E-state index in [1.165, 1.54) is 38.5 Å². The first-order valence-electron chi connectivity index (χ1n) is 5.81. The highest BCUT2D eigenvalue weighted by Gasteiger charge is 2.08. The van der Waals surface area contributed by atoms with Crippen molar-refractivity contribution in [1.82, 2.24) is 5.32 Å². The van der Waals surface area contributed by atoms with Crippen molar-refractivity contribution in [3.63, 3.8) is 0 Å². The Hall–Kier alpha value is -0.300. The molecule has 0 saturated heterocycles. The van der Waals surface area contributed by atoms with Gasteiger partial charge in [0.25, 0.3) is 0 Å². The molecule has 13 heavy (non-hydrogen) atoms. The van der Waals surface area contributed by atoms with Crippen LogP contribution in [-0.4, -0.2) is 13.1 Å². The van der Waals surface area contributed by atoms with Crippen LogP contribution in [0.15, 0.2) is 12.2 Å². The minimum Gasteiger partial charge on any atom is -0.317 e. The molecule has 0 atom stereocenters. The fourth-order valence-electron chi connectivity index (χ4n) is 1.98. The van der Waals surface area contributed by atoms with Crippen molar-refractivity contribution in [2.24, 2.45) is 5.92 Å². The molecule has 1 N–H and O–H groups in total. The highest BCUT2D eigenvalue weighted by molar-refractivity contribution is 4.90. The van der Waals surface area contributed by atoms with Gasteiger partial charge in [-0.1, -0.05) is 38.3 Å². The van der Waals surface area contributed by atoms with Crippen molar-refractivity contribution in [2.75, 3.05) is 13.1 Å². The average Bonchev–Trinajstić information content (AvgIpc) is 2.19. The van der Waals surface area contributed by atoms with Gasteiger partial charge in [-0.15, -0.1) is 0 Å². The minimum absolute atomic E-state index is 0.898. The van der Waals surface area contributed by atoms with Gasteiger partial charge in [-0.3, -0.25) is 0 Å². The molecular weight excluding hydrogens is 158 g/mol. The first kappa shape index (κ1) is 10.8. The molecule has 0 aromatic rings. The standard InChI is InChI=1S/C12H23N/c1-2-13-11-7-6-10-12-8-4-3-5-9-12/h6,10,12-13H,2-5,7-9,11H2,1H3. The van der Waals surface area contributed by atoms with Crippen molar-refractivity contribution in [3.05, 3.63) is 12.2 Å². The van der Waals surface area contributed by atoms with E-state index in [1.54, 1.807) is 0 Å². The number of rotatable bonds is 5. The zero-order valence-electron chi connectivity index (χ0n) is 8.89. The molecule has 0 amide bonds. The Morgan fingerprint density at radius 3 is 2.69 bits per heavy atom. The van der Waals surface area contributed by atoms with Gasteiger partial charge in [-0.2, -0.15) is 0 Å². The summed E-state index contributed by atoms with van der Waals surface area (Å²) < 4.78 is 0. The second-order valence-corrected chi connectivity index (χ2v) is 3.97. The topological polar surface area (TPSA) is 12.0 Å². The summed E-state index contributed by atoms with van der Waals surface area (Å²) in [7, 11) is 0. The van der Waals surface area contributed by atoms with Gasteiger partial charge in [0.05, 0.1) is 0 Å². The fourth-order valence-corrected chi connectivity index (χ4v) is 1.98. The molecule has 1 nitrogen and oxygen atoms in total. The van der Waals surface area contributed by atoms with E-state index >= 15 is 0 Å². The maximum Gasteiger partial charge on any atom is -0.00144 e. The number of allylic oxidation sites excluding steroid dienone is 1. The van der Waals surface area contributed by atoms with E-state index in [0.29, 0.717) is 0 Å². The summed E-state index contributed by atoms with van der Waals surface area (Å²) in [4.78, 5) is 0. The number of hydrogen-bond donors (Lipinski definition) is 1. The van der Waals surface area contributed by atoms with Crippen LogP contribution >= 0.6 is 0 Å². The van der Waals surface area contributed by atoms with Crippen molar-refractivity contribution < 1.29 is 0 Å². The van der Waals surface area contributed by atoms with Crippen LogP contribution < -0.4 is 5.32 Å². The van der Waals surface area contributed by atoms with Crippen LogP contribution in [0.25, 0.3) is 0 Å². The number of nitrogens with one attached hydrogen (secondary N) is 1. The quantitative estimate of drug-likeness (QED) is 0.507. The Morgan fingerprint density at radius 2 is 2.00 bits per heavy atom. The largest absolute Gasteiger partial charge is 0.317 e. The maximum absolute atomic E-state index is 3.33. The average molecular weight is 181 g/mol. The van der Waals surface area contributed by atoms with Crippen LogP contribution in [-0.2, 0) is 0 Å². The Balaban J connectivity index is 2.01. The van der Waals surface area contributed by atoms with Gasteiger partial charge in [0.15, 0.2) is 0 Å². The molecule has 0 aromatic heterocycles. The van der Waals surface area contributed by atoms with Crippen molar-refractivity contribution in [1.29, 1.82) is 0 Å². The SMILES string of the molecule is CCNCCC=CC1CCCCC1. The first-order chi connectivity index (χ1) is 6.43. The van der Waals surface area contributed by atoms with Gasteiger partial charge in [0.2, 0.25) is 0 Å². The Kier molecular flexibility index (Phi) is 5.92. The third kappa shape index (κ3) is 5.09. The monoisotopic (exact) mass is 181 g/mol. The highest BCUT2D eigenvalue weighted by atomic mass is 14.8. The molecule has 1 fully saturated rings. The van der Waals surface area contributed by atoms with E-state index in [4.69, 9.17) is 0 Å². The molecule has 1 aliphatic rings. The maximum atomic E-state index is 3.33. The van der Waals surface area contributed by atoms with Crippen LogP contribution in [0.5, 0.6) is 0 Å². The third-order valence-electron chi connectivity index (χ3n) is 2.80. The Labute approximate surface area is 82.6 Å². The molecule has 0 aliphatic heterocycles. The molecule has 0 spiro atoms. The predicted octanol–water partition coefficient (Wildman–Crippen LogP) is 3.12. The smallest absolute Gasteiger partial charge is 0.00144 e. The zero-order valence-corrected chi connectivity index (χ0v) is 8.89. The molecule has 0 aromatic carbocycles. The van der Waals surface area contributed by atoms with Crippen molar-refractivity contribution in [3.8, 4) is 0 Å². The predicted molar refractivity (Wildman–Crippen MR) is 58.9 cm³/mol. The van der Waals surface area contributed by atoms with Gasteiger partial charge in [-0.05, 0) is 38.3 Å². The molecule has 0 bridgehead atoms. The zero-order chi connectivity index (χ0) is 9.36. The van der Waals surface area contributed by atoms with Gasteiger partial charge in [-0.25, -0.2) is 0 Å². The first-order valence-corrected chi connectivity index (χ1v) is 5.81. The molecule has 1 rings (SSSR count). The lowest BCUT2D eigenvalue weighted by molar-refractivity contribution is 0.418. The normalized spacial score (nSPS) is 19.8. The van der Waals surface area contributed by atoms with E-state index in [9.17, 15) is 0 Å². The fraction of sp³-hybridized carbons (Fsp3) is 0.833. The minimum atomic E-state index is 0.898. The van der Waals surface area contributed by atoms with Crippen LogP contribution in [0.1, 0.15) is 45.4 Å². The van der Waals surface area contributed by atoms with E-state index in [0.717, 1.165) is 19.0 Å². The molecule has 0 heterocycles. The molecule has 1 saturated carbocycles. The lowest BCUT2D eigenvalue weighted by Gasteiger charge is -2.17. The summed E-state index contributed by atoms with van der Waals surface area (Å²) in [6, 6.07) is 0. The number of hydrogen-bond acceptors (Lipinski definition) is 1. The second kappa shape index (κ2) is 7.14. The van der Waals surface area contributed by atoms with E-state index < -0.39 is 0 Å². The van der Waals surface area contributed by atoms with E-state index in [-0.39, 0.29) is 0 Å². The van der Waals surface area contributed by atoms with Crippen molar-refractivity contribution >= 4 is 0 Å². The van der Waals surface area contributed by atoms with Crippen LogP contribution in [0.3, 0.4) is 0 Å². The van der Waals surface area contributed by atoms with E-state index in [2.05, 4.69) is 24.4 Å². The lowest BCUT2D eigenvalue weighted by atomic mass is 9.89. The van der Waals surface area contributed by atoms with E-state index in [1.807, 2.05) is 0 Å². The molecular formula is C12H23N. The Morgan fingerprint density at radius 1 is 1.23 bits per heavy atom. The summed E-state index contributed by atoms with van der Waals surface area (Å²) in [5.41, 5.74) is 0. The molecule has 76 valence electrons. The molecule has 1 aliphatic carbocycles. The summed E-state index contributed by atoms with van der Waals surface area (Å²) in [6.07, 6.45) is 13.2. The van der Waals surface area contributed by atoms with Gasteiger partial charge in [0.1, 0.15) is 0 Å². The molecule has 1 heteroatoms. The summed E-state index contributed by atoms with van der Waals surface area (Å²) >= 11 is 0. The highest BCUT2D eigenvalue weighted by Crippen LogP contribution is 2.24. The van der Waals surface area contributed by atoms with Crippen LogP contribution in [0.2, 0.25) is 0 Å². The Bertz CT molecular complexity index is 134. The molecule has 0 radical (unpaired) electrons. The second-order valence-electron chi connectivity index (χ2n) is 3.97. The van der Waals surface area contributed by atoms with Gasteiger partial charge >= 0.3 is 0 Å². The summed E-state index contributed by atoms with van der Waals surface area (Å²) in [6.45, 7) is 4.39. The van der Waals surface area contributed by atoms with Gasteiger partial charge in [0, 0.05) is 0 Å². The summed E-state index contributed by atoms with van der Waals surface area (Å²) in [5.74, 6) is 0.898. The van der Waals surface area contributed by atoms with Crippen molar-refractivity contribution in [2.45, 2.75) is 45.4 Å². The lowest BCUT2D eigenvalue weighted by Crippen LogP contribution is -2.13. The summed E-state index contributed by atoms with van der Waals surface area (Å²) in [5, 5.41) is 3.33.